The van der Waals surface area contributed by atoms with E-state index in [4.69, 9.17) is 0 Å². The van der Waals surface area contributed by atoms with E-state index in [1.54, 1.807) is 6.20 Å². The summed E-state index contributed by atoms with van der Waals surface area (Å²) in [5.41, 5.74) is 3.60. The van der Waals surface area contributed by atoms with Gasteiger partial charge in [0.05, 0.1) is 0 Å². The molecule has 0 aliphatic carbocycles. The van der Waals surface area contributed by atoms with Crippen molar-refractivity contribution in [3.05, 3.63) is 65.5 Å². The van der Waals surface area contributed by atoms with Crippen LogP contribution >= 0.6 is 0 Å². The first-order valence-corrected chi connectivity index (χ1v) is 6.95. The number of rotatable bonds is 6. The fourth-order valence-corrected chi connectivity index (χ4v) is 2.11. The molecule has 0 bridgehead atoms. The summed E-state index contributed by atoms with van der Waals surface area (Å²) in [5, 5.41) is 2.95. The lowest BCUT2D eigenvalue weighted by Gasteiger charge is -2.06. The number of nitrogens with zero attached hydrogens (tertiary/aromatic N) is 1. The van der Waals surface area contributed by atoms with Crippen molar-refractivity contribution in [1.82, 2.24) is 10.3 Å². The van der Waals surface area contributed by atoms with E-state index in [1.807, 2.05) is 24.4 Å². The van der Waals surface area contributed by atoms with Crippen molar-refractivity contribution in [3.8, 4) is 0 Å². The van der Waals surface area contributed by atoms with Gasteiger partial charge in [0.15, 0.2) is 0 Å². The van der Waals surface area contributed by atoms with Crippen LogP contribution in [0.25, 0.3) is 0 Å². The quantitative estimate of drug-likeness (QED) is 0.875. The number of pyridine rings is 1. The van der Waals surface area contributed by atoms with Gasteiger partial charge in [-0.25, -0.2) is 0 Å². The van der Waals surface area contributed by atoms with Gasteiger partial charge in [0.2, 0.25) is 5.91 Å². The van der Waals surface area contributed by atoms with Crippen molar-refractivity contribution in [2.24, 2.45) is 0 Å². The van der Waals surface area contributed by atoms with Gasteiger partial charge in [-0.05, 0) is 37.0 Å². The Balaban J connectivity index is 1.68. The Kier molecular flexibility index (Phi) is 5.30. The molecule has 0 radical (unpaired) electrons. The third kappa shape index (κ3) is 4.84. The lowest BCUT2D eigenvalue weighted by Crippen LogP contribution is -2.25. The number of hydrogen-bond acceptors (Lipinski definition) is 2. The largest absolute Gasteiger partial charge is 0.356 e. The molecule has 3 heteroatoms. The molecule has 1 aromatic heterocycles. The van der Waals surface area contributed by atoms with E-state index in [-0.39, 0.29) is 5.91 Å². The summed E-state index contributed by atoms with van der Waals surface area (Å²) in [6, 6.07) is 12.2. The van der Waals surface area contributed by atoms with E-state index in [9.17, 15) is 4.79 Å². The molecule has 0 saturated carbocycles. The Morgan fingerprint density at radius 2 is 2.00 bits per heavy atom. The number of aryl methyl sites for hydroxylation is 2. The van der Waals surface area contributed by atoms with Gasteiger partial charge < -0.3 is 5.32 Å². The van der Waals surface area contributed by atoms with Crippen molar-refractivity contribution < 1.29 is 4.79 Å². The molecule has 1 amide bonds. The minimum Gasteiger partial charge on any atom is -0.356 e. The van der Waals surface area contributed by atoms with Crippen LogP contribution in [0.2, 0.25) is 0 Å². The Labute approximate surface area is 120 Å². The van der Waals surface area contributed by atoms with Crippen LogP contribution in [0.3, 0.4) is 0 Å². The number of hydrogen-bond donors (Lipinski definition) is 1. The van der Waals surface area contributed by atoms with Gasteiger partial charge in [0, 0.05) is 25.4 Å². The van der Waals surface area contributed by atoms with Crippen molar-refractivity contribution in [1.29, 1.82) is 0 Å². The Hall–Kier alpha value is -2.16. The molecule has 0 atom stereocenters. The average molecular weight is 268 g/mol. The molecule has 3 nitrogen and oxygen atoms in total. The van der Waals surface area contributed by atoms with Crippen LogP contribution in [0.1, 0.15) is 23.1 Å². The first kappa shape index (κ1) is 14.3. The maximum Gasteiger partial charge on any atom is 0.220 e. The number of nitrogens with one attached hydrogen (secondary N) is 1. The van der Waals surface area contributed by atoms with Crippen LogP contribution in [-0.4, -0.2) is 17.4 Å². The number of amides is 1. The highest BCUT2D eigenvalue weighted by atomic mass is 16.1. The van der Waals surface area contributed by atoms with Gasteiger partial charge in [-0.15, -0.1) is 0 Å². The molecule has 0 aliphatic heterocycles. The number of aromatic nitrogens is 1. The number of carbonyl (C=O) groups is 1. The highest BCUT2D eigenvalue weighted by Crippen LogP contribution is 2.06. The molecule has 0 aliphatic rings. The SMILES string of the molecule is Cc1cccc(CCC(=O)NCCc2cccnc2)c1. The number of carbonyl (C=O) groups excluding carboxylic acids is 1. The molecule has 1 heterocycles. The minimum atomic E-state index is 0.107. The van der Waals surface area contributed by atoms with Gasteiger partial charge in [-0.2, -0.15) is 0 Å². The highest BCUT2D eigenvalue weighted by molar-refractivity contribution is 5.76. The Morgan fingerprint density at radius 3 is 2.75 bits per heavy atom. The topological polar surface area (TPSA) is 42.0 Å². The normalized spacial score (nSPS) is 10.2. The van der Waals surface area contributed by atoms with Gasteiger partial charge in [0.25, 0.3) is 0 Å². The maximum atomic E-state index is 11.8. The Morgan fingerprint density at radius 1 is 1.15 bits per heavy atom. The van der Waals surface area contributed by atoms with Crippen molar-refractivity contribution in [3.63, 3.8) is 0 Å². The first-order valence-electron chi connectivity index (χ1n) is 6.95. The zero-order chi connectivity index (χ0) is 14.2. The lowest BCUT2D eigenvalue weighted by molar-refractivity contribution is -0.121. The fraction of sp³-hybridized carbons (Fsp3) is 0.294. The van der Waals surface area contributed by atoms with Gasteiger partial charge in [-0.3, -0.25) is 9.78 Å². The van der Waals surface area contributed by atoms with E-state index in [1.165, 1.54) is 11.1 Å². The van der Waals surface area contributed by atoms with Crippen LogP contribution in [-0.2, 0) is 17.6 Å². The summed E-state index contributed by atoms with van der Waals surface area (Å²) < 4.78 is 0. The molecule has 0 spiro atoms. The Bertz CT molecular complexity index is 552. The molecule has 1 N–H and O–H groups in total. The lowest BCUT2D eigenvalue weighted by atomic mass is 10.1. The van der Waals surface area contributed by atoms with Crippen LogP contribution < -0.4 is 5.32 Å². The zero-order valence-corrected chi connectivity index (χ0v) is 11.8. The third-order valence-corrected chi connectivity index (χ3v) is 3.18. The smallest absolute Gasteiger partial charge is 0.220 e. The molecule has 0 unspecified atom stereocenters. The molecule has 1 aromatic carbocycles. The second-order valence-corrected chi connectivity index (χ2v) is 4.95. The highest BCUT2D eigenvalue weighted by Gasteiger charge is 2.02. The first-order chi connectivity index (χ1) is 9.74. The van der Waals surface area contributed by atoms with Gasteiger partial charge >= 0.3 is 0 Å². The summed E-state index contributed by atoms with van der Waals surface area (Å²) in [6.45, 7) is 2.73. The third-order valence-electron chi connectivity index (χ3n) is 3.18. The summed E-state index contributed by atoms with van der Waals surface area (Å²) in [7, 11) is 0. The molecular weight excluding hydrogens is 248 g/mol. The summed E-state index contributed by atoms with van der Waals surface area (Å²) >= 11 is 0. The van der Waals surface area contributed by atoms with E-state index in [2.05, 4.69) is 35.4 Å². The number of benzene rings is 1. The second kappa shape index (κ2) is 7.43. The molecule has 2 aromatic rings. The van der Waals surface area contributed by atoms with E-state index >= 15 is 0 Å². The molecule has 104 valence electrons. The van der Waals surface area contributed by atoms with E-state index < -0.39 is 0 Å². The van der Waals surface area contributed by atoms with Crippen LogP contribution in [0.4, 0.5) is 0 Å². The van der Waals surface area contributed by atoms with Gasteiger partial charge in [-0.1, -0.05) is 35.9 Å². The molecule has 20 heavy (non-hydrogen) atoms. The second-order valence-electron chi connectivity index (χ2n) is 4.95. The molecule has 2 rings (SSSR count). The molecule has 0 fully saturated rings. The van der Waals surface area contributed by atoms with Crippen molar-refractivity contribution >= 4 is 5.91 Å². The minimum absolute atomic E-state index is 0.107. The molecule has 0 saturated heterocycles. The van der Waals surface area contributed by atoms with Crippen molar-refractivity contribution in [2.45, 2.75) is 26.2 Å². The van der Waals surface area contributed by atoms with Crippen LogP contribution in [0.5, 0.6) is 0 Å². The average Bonchev–Trinajstić information content (AvgIpc) is 2.46. The van der Waals surface area contributed by atoms with E-state index in [0.29, 0.717) is 13.0 Å². The predicted octanol–water partition coefficient (Wildman–Crippen LogP) is 2.68. The van der Waals surface area contributed by atoms with E-state index in [0.717, 1.165) is 18.4 Å². The zero-order valence-electron chi connectivity index (χ0n) is 11.8. The standard InChI is InChI=1S/C17H20N2O/c1-14-4-2-5-15(12-14)7-8-17(20)19-11-9-16-6-3-10-18-13-16/h2-6,10,12-13H,7-9,11H2,1H3,(H,19,20). The maximum absolute atomic E-state index is 11.8. The van der Waals surface area contributed by atoms with Crippen LogP contribution in [0.15, 0.2) is 48.8 Å². The molecular formula is C17H20N2O. The monoisotopic (exact) mass is 268 g/mol. The fourth-order valence-electron chi connectivity index (χ4n) is 2.11. The summed E-state index contributed by atoms with van der Waals surface area (Å²) in [5.74, 6) is 0.107. The van der Waals surface area contributed by atoms with Gasteiger partial charge in [0.1, 0.15) is 0 Å². The van der Waals surface area contributed by atoms with Crippen LogP contribution in [0, 0.1) is 6.92 Å². The summed E-state index contributed by atoms with van der Waals surface area (Å²) in [4.78, 5) is 15.8. The predicted molar refractivity (Wildman–Crippen MR) is 80.5 cm³/mol. The summed E-state index contributed by atoms with van der Waals surface area (Å²) in [6.07, 6.45) is 5.74. The van der Waals surface area contributed by atoms with Crippen molar-refractivity contribution in [2.75, 3.05) is 6.54 Å².